The number of aromatic nitrogens is 3. The van der Waals surface area contributed by atoms with E-state index in [0.717, 1.165) is 12.8 Å². The van der Waals surface area contributed by atoms with Gasteiger partial charge in [0.1, 0.15) is 17.3 Å². The van der Waals surface area contributed by atoms with Gasteiger partial charge >= 0.3 is 12.1 Å². The van der Waals surface area contributed by atoms with Crippen LogP contribution in [0.15, 0.2) is 18.0 Å². The molecule has 0 unspecified atom stereocenters. The Kier molecular flexibility index (Phi) is 3.68. The van der Waals surface area contributed by atoms with Crippen molar-refractivity contribution < 1.29 is 19.1 Å². The van der Waals surface area contributed by atoms with Gasteiger partial charge in [-0.15, -0.1) is 0 Å². The molecule has 1 saturated heterocycles. The van der Waals surface area contributed by atoms with Crippen LogP contribution in [0.5, 0.6) is 0 Å². The molecule has 0 radical (unpaired) electrons. The highest BCUT2D eigenvalue weighted by Crippen LogP contribution is 2.27. The predicted molar refractivity (Wildman–Crippen MR) is 90.3 cm³/mol. The van der Waals surface area contributed by atoms with E-state index in [1.54, 1.807) is 10.6 Å². The summed E-state index contributed by atoms with van der Waals surface area (Å²) in [5, 5.41) is 14.7. The summed E-state index contributed by atoms with van der Waals surface area (Å²) in [6.45, 7) is 0. The first-order chi connectivity index (χ1) is 12.5. The van der Waals surface area contributed by atoms with Gasteiger partial charge in [-0.2, -0.15) is 9.61 Å². The highest BCUT2D eigenvalue weighted by atomic mass is 16.5. The number of rotatable bonds is 4. The Hall–Kier alpha value is -3.63. The Morgan fingerprint density at radius 1 is 1.38 bits per heavy atom. The number of nitrogens with one attached hydrogen (secondary N) is 4. The van der Waals surface area contributed by atoms with Crippen LogP contribution in [0.25, 0.3) is 11.7 Å². The molecule has 4 rings (SSSR count). The molecule has 0 bridgehead atoms. The third-order valence-corrected chi connectivity index (χ3v) is 3.86. The van der Waals surface area contributed by atoms with Crippen LogP contribution in [0.1, 0.15) is 18.4 Å². The smallest absolute Gasteiger partial charge is 0.412 e. The minimum absolute atomic E-state index is 0.0923. The molecular formula is C15H15N7O4. The molecule has 2 fully saturated rings. The zero-order valence-corrected chi connectivity index (χ0v) is 13.7. The quantitative estimate of drug-likeness (QED) is 0.466. The van der Waals surface area contributed by atoms with Gasteiger partial charge in [0, 0.05) is 17.7 Å². The van der Waals surface area contributed by atoms with Crippen molar-refractivity contribution in [1.29, 1.82) is 0 Å². The first-order valence-electron chi connectivity index (χ1n) is 7.88. The minimum atomic E-state index is -0.652. The van der Waals surface area contributed by atoms with E-state index in [0.29, 0.717) is 23.1 Å². The molecule has 0 aromatic carbocycles. The largest absolute Gasteiger partial charge is 0.453 e. The molecule has 4 amide bonds. The van der Waals surface area contributed by atoms with Gasteiger partial charge in [-0.05, 0) is 18.9 Å². The van der Waals surface area contributed by atoms with Crippen LogP contribution in [-0.2, 0) is 9.53 Å². The summed E-state index contributed by atoms with van der Waals surface area (Å²) in [6, 6.07) is 1.41. The summed E-state index contributed by atoms with van der Waals surface area (Å²) < 4.78 is 6.17. The van der Waals surface area contributed by atoms with Gasteiger partial charge in [-0.3, -0.25) is 15.4 Å². The zero-order valence-electron chi connectivity index (χ0n) is 13.7. The van der Waals surface area contributed by atoms with Crippen molar-refractivity contribution in [3.05, 3.63) is 23.5 Å². The highest BCUT2D eigenvalue weighted by Gasteiger charge is 2.25. The van der Waals surface area contributed by atoms with Gasteiger partial charge in [0.15, 0.2) is 5.65 Å². The summed E-state index contributed by atoms with van der Waals surface area (Å²) in [7, 11) is 1.26. The molecule has 2 aliphatic rings. The van der Waals surface area contributed by atoms with Gasteiger partial charge in [-0.25, -0.2) is 14.6 Å². The van der Waals surface area contributed by atoms with Gasteiger partial charge in [-0.1, -0.05) is 0 Å². The summed E-state index contributed by atoms with van der Waals surface area (Å²) >= 11 is 0. The number of carbonyl (C=O) groups is 3. The normalized spacial score (nSPS) is 18.0. The number of urea groups is 1. The maximum atomic E-state index is 11.7. The Labute approximate surface area is 146 Å². The van der Waals surface area contributed by atoms with Crippen molar-refractivity contribution in [3.63, 3.8) is 0 Å². The number of nitrogens with zero attached hydrogens (tertiary/aromatic N) is 3. The summed E-state index contributed by atoms with van der Waals surface area (Å²) in [6.07, 6.45) is 4.44. The Bertz CT molecular complexity index is 960. The van der Waals surface area contributed by atoms with Crippen LogP contribution in [-0.4, -0.2) is 45.8 Å². The molecular weight excluding hydrogens is 342 g/mol. The second-order valence-electron chi connectivity index (χ2n) is 5.86. The van der Waals surface area contributed by atoms with E-state index in [9.17, 15) is 14.4 Å². The number of fused-ring (bicyclic) bond motifs is 1. The topological polar surface area (TPSA) is 139 Å². The summed E-state index contributed by atoms with van der Waals surface area (Å²) in [5.41, 5.74) is 1.00. The number of hydrogen-bond donors (Lipinski definition) is 4. The van der Waals surface area contributed by atoms with Crippen LogP contribution in [0.3, 0.4) is 0 Å². The fourth-order valence-corrected chi connectivity index (χ4v) is 2.48. The van der Waals surface area contributed by atoms with E-state index in [1.807, 2.05) is 0 Å². The van der Waals surface area contributed by atoms with Crippen LogP contribution in [0, 0.1) is 0 Å². The molecule has 2 aromatic heterocycles. The SMILES string of the molecule is COC(=O)Nc1cc(NC2CC2)n2ncc(/C=C3\NC(=O)NC3=O)c2n1. The number of hydrogen-bond acceptors (Lipinski definition) is 7. The predicted octanol–water partition coefficient (Wildman–Crippen LogP) is 0.662. The van der Waals surface area contributed by atoms with Crippen molar-refractivity contribution in [3.8, 4) is 0 Å². The van der Waals surface area contributed by atoms with Crippen molar-refractivity contribution >= 4 is 41.4 Å². The number of anilines is 2. The molecule has 1 aliphatic heterocycles. The molecule has 1 aliphatic carbocycles. The Morgan fingerprint density at radius 2 is 2.19 bits per heavy atom. The number of carbonyl (C=O) groups excluding carboxylic acids is 3. The molecule has 134 valence electrons. The Morgan fingerprint density at radius 3 is 2.85 bits per heavy atom. The first kappa shape index (κ1) is 15.9. The Balaban J connectivity index is 1.77. The average molecular weight is 357 g/mol. The fraction of sp³-hybridized carbons (Fsp3) is 0.267. The molecule has 4 N–H and O–H groups in total. The standard InChI is InChI=1S/C15H15N7O4/c1-26-15(25)20-10-5-11(17-8-2-3-8)22-12(19-10)7(6-16-22)4-9-13(23)21-14(24)18-9/h4-6,8,17H,2-3H2,1H3,(H,19,20,25)(H2,18,21,23,24)/b9-4-. The monoisotopic (exact) mass is 357 g/mol. The first-order valence-corrected chi connectivity index (χ1v) is 7.88. The third-order valence-electron chi connectivity index (χ3n) is 3.86. The van der Waals surface area contributed by atoms with Crippen LogP contribution >= 0.6 is 0 Å². The van der Waals surface area contributed by atoms with E-state index in [1.165, 1.54) is 19.4 Å². The molecule has 11 heteroatoms. The van der Waals surface area contributed by atoms with Crippen LogP contribution in [0.2, 0.25) is 0 Å². The molecule has 2 aromatic rings. The fourth-order valence-electron chi connectivity index (χ4n) is 2.48. The highest BCUT2D eigenvalue weighted by molar-refractivity contribution is 6.14. The maximum Gasteiger partial charge on any atom is 0.412 e. The van der Waals surface area contributed by atoms with E-state index >= 15 is 0 Å². The second kappa shape index (κ2) is 6.02. The van der Waals surface area contributed by atoms with Gasteiger partial charge in [0.25, 0.3) is 5.91 Å². The maximum absolute atomic E-state index is 11.7. The molecule has 26 heavy (non-hydrogen) atoms. The van der Waals surface area contributed by atoms with Gasteiger partial charge in [0.2, 0.25) is 0 Å². The number of methoxy groups -OCH3 is 1. The molecule has 1 saturated carbocycles. The van der Waals surface area contributed by atoms with E-state index < -0.39 is 18.0 Å². The molecule has 11 nitrogen and oxygen atoms in total. The van der Waals surface area contributed by atoms with Crippen molar-refractivity contribution in [2.75, 3.05) is 17.7 Å². The second-order valence-corrected chi connectivity index (χ2v) is 5.86. The molecule has 3 heterocycles. The zero-order chi connectivity index (χ0) is 18.3. The number of ether oxygens (including phenoxy) is 1. The molecule has 0 atom stereocenters. The van der Waals surface area contributed by atoms with E-state index in [2.05, 4.69) is 36.1 Å². The van der Waals surface area contributed by atoms with Crippen molar-refractivity contribution in [1.82, 2.24) is 25.2 Å². The third kappa shape index (κ3) is 3.01. The van der Waals surface area contributed by atoms with Gasteiger partial charge in [0.05, 0.1) is 13.3 Å². The van der Waals surface area contributed by atoms with Crippen LogP contribution < -0.4 is 21.3 Å². The lowest BCUT2D eigenvalue weighted by atomic mass is 10.2. The summed E-state index contributed by atoms with van der Waals surface area (Å²) in [5.74, 6) is 0.385. The lowest BCUT2D eigenvalue weighted by molar-refractivity contribution is -0.115. The minimum Gasteiger partial charge on any atom is -0.453 e. The van der Waals surface area contributed by atoms with E-state index in [-0.39, 0.29) is 11.5 Å². The average Bonchev–Trinajstić information content (AvgIpc) is 3.24. The molecule has 0 spiro atoms. The van der Waals surface area contributed by atoms with Crippen molar-refractivity contribution in [2.24, 2.45) is 0 Å². The lowest BCUT2D eigenvalue weighted by Gasteiger charge is -2.10. The number of imide groups is 1. The van der Waals surface area contributed by atoms with E-state index in [4.69, 9.17) is 0 Å². The lowest BCUT2D eigenvalue weighted by Crippen LogP contribution is -2.22. The van der Waals surface area contributed by atoms with Crippen LogP contribution in [0.4, 0.5) is 21.2 Å². The van der Waals surface area contributed by atoms with Crippen molar-refractivity contribution in [2.45, 2.75) is 18.9 Å². The number of amides is 4. The summed E-state index contributed by atoms with van der Waals surface area (Å²) in [4.78, 5) is 38.9. The van der Waals surface area contributed by atoms with Gasteiger partial charge < -0.3 is 15.4 Å².